The standard InChI is InChI=1S/C25H39Cl2N3O6S2/c1-24(2,3)36-23(32)29-10-9-17(15-29)38(34,35)30-11-7-16(8-12-30)22(28-37(33)25(4,5)6)18-13-19(26)20(27)14-21(18)31/h13-14,16-17,22,28,31H,7-12,15H2,1-6H3. The molecule has 0 radical (unpaired) electrons. The summed E-state index contributed by atoms with van der Waals surface area (Å²) in [6.07, 6.45) is 0.824. The molecule has 38 heavy (non-hydrogen) atoms. The second kappa shape index (κ2) is 11.8. The van der Waals surface area contributed by atoms with Crippen LogP contribution in [0.25, 0.3) is 0 Å². The zero-order chi connectivity index (χ0) is 28.6. The van der Waals surface area contributed by atoms with Gasteiger partial charge >= 0.3 is 6.09 Å². The minimum absolute atomic E-state index is 0.0638. The van der Waals surface area contributed by atoms with Gasteiger partial charge in [-0.2, -0.15) is 0 Å². The van der Waals surface area contributed by atoms with Gasteiger partial charge in [0.05, 0.1) is 37.1 Å². The Morgan fingerprint density at radius 2 is 1.66 bits per heavy atom. The number of hydrogen-bond acceptors (Lipinski definition) is 6. The van der Waals surface area contributed by atoms with E-state index in [2.05, 4.69) is 4.72 Å². The molecular formula is C25H39Cl2N3O6S2. The molecule has 3 unspecified atom stereocenters. The molecule has 216 valence electrons. The summed E-state index contributed by atoms with van der Waals surface area (Å²) in [6, 6.07) is 2.41. The van der Waals surface area contributed by atoms with Gasteiger partial charge in [-0.15, -0.1) is 0 Å². The Bertz CT molecular complexity index is 1160. The number of likely N-dealkylation sites (tertiary alicyclic amines) is 1. The highest BCUT2D eigenvalue weighted by molar-refractivity contribution is 7.89. The second-order valence-corrected chi connectivity index (χ2v) is 16.9. The topological polar surface area (TPSA) is 116 Å². The predicted molar refractivity (Wildman–Crippen MR) is 151 cm³/mol. The van der Waals surface area contributed by atoms with Crippen LogP contribution >= 0.6 is 23.2 Å². The lowest BCUT2D eigenvalue weighted by atomic mass is 9.86. The highest BCUT2D eigenvalue weighted by Crippen LogP contribution is 2.40. The lowest BCUT2D eigenvalue weighted by Gasteiger charge is -2.37. The number of benzene rings is 1. The smallest absolute Gasteiger partial charge is 0.410 e. The molecule has 3 rings (SSSR count). The Labute approximate surface area is 238 Å². The van der Waals surface area contributed by atoms with E-state index in [9.17, 15) is 22.5 Å². The molecule has 0 aromatic heterocycles. The lowest BCUT2D eigenvalue weighted by molar-refractivity contribution is 0.0295. The first-order valence-corrected chi connectivity index (χ1v) is 16.1. The average Bonchev–Trinajstić information content (AvgIpc) is 3.30. The van der Waals surface area contributed by atoms with Gasteiger partial charge in [0.15, 0.2) is 0 Å². The first-order valence-electron chi connectivity index (χ1n) is 12.7. The summed E-state index contributed by atoms with van der Waals surface area (Å²) in [4.78, 5) is 13.9. The molecule has 1 aromatic rings. The molecule has 2 N–H and O–H groups in total. The summed E-state index contributed by atoms with van der Waals surface area (Å²) in [5.41, 5.74) is -0.179. The average molecular weight is 613 g/mol. The van der Waals surface area contributed by atoms with Crippen molar-refractivity contribution in [3.05, 3.63) is 27.7 Å². The van der Waals surface area contributed by atoms with E-state index in [1.807, 2.05) is 20.8 Å². The number of nitrogens with one attached hydrogen (secondary N) is 1. The van der Waals surface area contributed by atoms with Crippen molar-refractivity contribution in [3.8, 4) is 5.75 Å². The van der Waals surface area contributed by atoms with Crippen molar-refractivity contribution in [2.45, 2.75) is 82.4 Å². The summed E-state index contributed by atoms with van der Waals surface area (Å²) in [5, 5.41) is 10.5. The molecule has 2 aliphatic rings. The van der Waals surface area contributed by atoms with Crippen LogP contribution < -0.4 is 4.72 Å². The fourth-order valence-electron chi connectivity index (χ4n) is 4.64. The number of carbonyl (C=O) groups excluding carboxylic acids is 1. The number of phenols is 1. The Kier molecular flexibility index (Phi) is 9.74. The molecule has 1 amide bonds. The number of amides is 1. The number of aromatic hydroxyl groups is 1. The Hall–Kier alpha value is -1.11. The minimum Gasteiger partial charge on any atom is -0.508 e. The monoisotopic (exact) mass is 611 g/mol. The zero-order valence-electron chi connectivity index (χ0n) is 22.8. The van der Waals surface area contributed by atoms with Crippen LogP contribution in [0.2, 0.25) is 10.0 Å². The fourth-order valence-corrected chi connectivity index (χ4v) is 7.79. The molecule has 9 nitrogen and oxygen atoms in total. The predicted octanol–water partition coefficient (Wildman–Crippen LogP) is 4.84. The Morgan fingerprint density at radius 1 is 1.08 bits per heavy atom. The Balaban J connectivity index is 1.73. The van der Waals surface area contributed by atoms with Crippen LogP contribution in [0, 0.1) is 5.92 Å². The molecule has 0 spiro atoms. The highest BCUT2D eigenvalue weighted by atomic mass is 35.5. The van der Waals surface area contributed by atoms with E-state index in [1.54, 1.807) is 26.8 Å². The zero-order valence-corrected chi connectivity index (χ0v) is 25.9. The van der Waals surface area contributed by atoms with E-state index in [-0.39, 0.29) is 41.3 Å². The molecule has 2 saturated heterocycles. The van der Waals surface area contributed by atoms with Crippen LogP contribution in [0.1, 0.15) is 72.4 Å². The van der Waals surface area contributed by atoms with Gasteiger partial charge < -0.3 is 14.7 Å². The summed E-state index contributed by atoms with van der Waals surface area (Å²) in [5.74, 6) is -0.177. The van der Waals surface area contributed by atoms with Crippen LogP contribution in [0.3, 0.4) is 0 Å². The van der Waals surface area contributed by atoms with Crippen molar-refractivity contribution in [1.29, 1.82) is 0 Å². The van der Waals surface area contributed by atoms with Gasteiger partial charge in [0.1, 0.15) is 11.4 Å². The van der Waals surface area contributed by atoms with E-state index in [0.717, 1.165) is 0 Å². The molecule has 2 heterocycles. The SMILES string of the molecule is CC(C)(C)OC(=O)N1CCC(S(=O)(=O)N2CCC(C(NS(=O)C(C)(C)C)c3cc(Cl)c(Cl)cc3O)CC2)C1. The molecule has 0 aliphatic carbocycles. The normalized spacial score (nSPS) is 21.9. The number of ether oxygens (including phenoxy) is 1. The van der Waals surface area contributed by atoms with E-state index in [1.165, 1.54) is 15.3 Å². The molecule has 3 atom stereocenters. The maximum absolute atomic E-state index is 13.4. The van der Waals surface area contributed by atoms with Crippen molar-refractivity contribution in [2.75, 3.05) is 26.2 Å². The number of piperidine rings is 1. The number of hydrogen-bond donors (Lipinski definition) is 2. The van der Waals surface area contributed by atoms with Crippen molar-refractivity contribution >= 4 is 50.3 Å². The number of nitrogens with zero attached hydrogens (tertiary/aromatic N) is 2. The fraction of sp³-hybridized carbons (Fsp3) is 0.720. The summed E-state index contributed by atoms with van der Waals surface area (Å²) < 4.78 is 49.4. The largest absolute Gasteiger partial charge is 0.508 e. The summed E-state index contributed by atoms with van der Waals surface area (Å²) >= 11 is 12.3. The van der Waals surface area contributed by atoms with Gasteiger partial charge in [0.25, 0.3) is 0 Å². The van der Waals surface area contributed by atoms with Crippen molar-refractivity contribution in [3.63, 3.8) is 0 Å². The maximum atomic E-state index is 13.4. The van der Waals surface area contributed by atoms with E-state index < -0.39 is 48.7 Å². The van der Waals surface area contributed by atoms with Gasteiger partial charge in [-0.1, -0.05) is 23.2 Å². The van der Waals surface area contributed by atoms with Crippen molar-refractivity contribution < 1.29 is 27.3 Å². The molecule has 1 aromatic carbocycles. The minimum atomic E-state index is -3.64. The molecule has 0 saturated carbocycles. The third kappa shape index (κ3) is 7.54. The molecule has 0 bridgehead atoms. The lowest BCUT2D eigenvalue weighted by Crippen LogP contribution is -2.47. The molecular weight excluding hydrogens is 573 g/mol. The van der Waals surface area contributed by atoms with E-state index in [4.69, 9.17) is 27.9 Å². The first kappa shape index (κ1) is 31.4. The van der Waals surface area contributed by atoms with Crippen LogP contribution in [-0.4, -0.2) is 74.8 Å². The van der Waals surface area contributed by atoms with Crippen LogP contribution in [0.5, 0.6) is 5.75 Å². The van der Waals surface area contributed by atoms with Crippen molar-refractivity contribution in [2.24, 2.45) is 5.92 Å². The second-order valence-electron chi connectivity index (χ2n) is 11.9. The molecule has 2 fully saturated rings. The quantitative estimate of drug-likeness (QED) is 0.475. The highest BCUT2D eigenvalue weighted by Gasteiger charge is 2.42. The first-order chi connectivity index (χ1) is 17.4. The van der Waals surface area contributed by atoms with Crippen molar-refractivity contribution in [1.82, 2.24) is 13.9 Å². The van der Waals surface area contributed by atoms with Crippen LogP contribution in [0.15, 0.2) is 12.1 Å². The van der Waals surface area contributed by atoms with E-state index >= 15 is 0 Å². The number of rotatable bonds is 6. The number of halogens is 2. The molecule has 13 heteroatoms. The van der Waals surface area contributed by atoms with E-state index in [0.29, 0.717) is 31.4 Å². The third-order valence-electron chi connectivity index (χ3n) is 6.74. The van der Waals surface area contributed by atoms with Gasteiger partial charge in [0, 0.05) is 37.8 Å². The number of phenolic OH excluding ortho intramolecular Hbond substituents is 1. The van der Waals surface area contributed by atoms with Crippen LogP contribution in [0.4, 0.5) is 4.79 Å². The summed E-state index contributed by atoms with van der Waals surface area (Å²) in [6.45, 7) is 11.8. The van der Waals surface area contributed by atoms with Gasteiger partial charge in [-0.25, -0.2) is 26.4 Å². The van der Waals surface area contributed by atoms with Gasteiger partial charge in [0.2, 0.25) is 10.0 Å². The molecule has 2 aliphatic heterocycles. The number of carbonyl (C=O) groups is 1. The Morgan fingerprint density at radius 3 is 2.21 bits per heavy atom. The van der Waals surface area contributed by atoms with Crippen LogP contribution in [-0.2, 0) is 25.7 Å². The van der Waals surface area contributed by atoms with Gasteiger partial charge in [-0.3, -0.25) is 0 Å². The summed E-state index contributed by atoms with van der Waals surface area (Å²) in [7, 11) is -5.09. The number of sulfonamides is 1. The van der Waals surface area contributed by atoms with Gasteiger partial charge in [-0.05, 0) is 72.8 Å². The third-order valence-corrected chi connectivity index (χ3v) is 11.4. The maximum Gasteiger partial charge on any atom is 0.410 e.